The van der Waals surface area contributed by atoms with E-state index in [1.165, 1.54) is 0 Å². The van der Waals surface area contributed by atoms with Crippen LogP contribution in [0.5, 0.6) is 11.5 Å². The van der Waals surface area contributed by atoms with Gasteiger partial charge in [-0.25, -0.2) is 0 Å². The first-order chi connectivity index (χ1) is 11.5. The third-order valence-corrected chi connectivity index (χ3v) is 5.09. The summed E-state index contributed by atoms with van der Waals surface area (Å²) >= 11 is -1.92. The normalized spacial score (nSPS) is 11.2. The van der Waals surface area contributed by atoms with Crippen molar-refractivity contribution in [3.05, 3.63) is 53.6 Å². The Morgan fingerprint density at radius 1 is 1.17 bits per heavy atom. The molecule has 0 spiro atoms. The summed E-state index contributed by atoms with van der Waals surface area (Å²) in [4.78, 5) is 0. The minimum absolute atomic E-state index is 0.122. The van der Waals surface area contributed by atoms with Crippen LogP contribution in [0.25, 0.3) is 0 Å². The van der Waals surface area contributed by atoms with E-state index in [2.05, 4.69) is 5.32 Å². The number of hydrogen-bond donors (Lipinski definition) is 1. The monoisotopic (exact) mass is 455 g/mol. The van der Waals surface area contributed by atoms with Crippen LogP contribution in [0.2, 0.25) is 0 Å². The van der Waals surface area contributed by atoms with Gasteiger partial charge < -0.3 is 0 Å². The molecule has 0 aromatic heterocycles. The standard InChI is InChI=1S/C18H21NO2.2ClH.Ru/c1-13(2)21-18-8-6-5-7-17(18)19-12-15-9-10-16(20-4)11-14(15)3;;;/h3,5-11,13,19H,12H2,1-2,4H3;2*1H;/q;;;+2/p-2. The van der Waals surface area contributed by atoms with Gasteiger partial charge in [-0.05, 0) is 0 Å². The van der Waals surface area contributed by atoms with Crippen molar-refractivity contribution < 1.29 is 23.0 Å². The number of ether oxygens (including phenoxy) is 2. The van der Waals surface area contributed by atoms with E-state index in [4.69, 9.17) is 28.9 Å². The molecule has 0 radical (unpaired) electrons. The van der Waals surface area contributed by atoms with Gasteiger partial charge in [-0.3, -0.25) is 0 Å². The van der Waals surface area contributed by atoms with E-state index in [9.17, 15) is 0 Å². The molecule has 0 bridgehead atoms. The Balaban J connectivity index is 2.22. The third kappa shape index (κ3) is 5.77. The van der Waals surface area contributed by atoms with E-state index in [-0.39, 0.29) is 6.10 Å². The van der Waals surface area contributed by atoms with Gasteiger partial charge >= 0.3 is 157 Å². The molecule has 0 saturated heterocycles. The number of hydrogen-bond acceptors (Lipinski definition) is 3. The zero-order valence-corrected chi connectivity index (χ0v) is 17.1. The molecule has 0 saturated carbocycles. The Kier molecular flexibility index (Phi) is 7.54. The van der Waals surface area contributed by atoms with Crippen LogP contribution in [0.3, 0.4) is 0 Å². The molecule has 0 aliphatic carbocycles. The summed E-state index contributed by atoms with van der Waals surface area (Å²) in [6, 6.07) is 13.8. The Hall–Kier alpha value is -1.09. The van der Waals surface area contributed by atoms with Crippen LogP contribution in [-0.2, 0) is 20.1 Å². The zero-order valence-electron chi connectivity index (χ0n) is 13.8. The predicted molar refractivity (Wildman–Crippen MR) is 99.4 cm³/mol. The summed E-state index contributed by atoms with van der Waals surface area (Å²) in [5.74, 6) is 1.63. The molecule has 0 atom stereocenters. The van der Waals surface area contributed by atoms with Crippen LogP contribution in [0.1, 0.15) is 25.0 Å². The molecule has 2 aromatic rings. The average molecular weight is 455 g/mol. The number of nitrogens with one attached hydrogen (secondary N) is 1. The molecule has 0 aliphatic rings. The molecule has 0 heterocycles. The number of halogens is 2. The van der Waals surface area contributed by atoms with Gasteiger partial charge in [-0.15, -0.1) is 0 Å². The Morgan fingerprint density at radius 3 is 2.58 bits per heavy atom. The molecule has 0 unspecified atom stereocenters. The van der Waals surface area contributed by atoms with Crippen molar-refractivity contribution in [3.8, 4) is 11.5 Å². The topological polar surface area (TPSA) is 30.5 Å². The summed E-state index contributed by atoms with van der Waals surface area (Å²) in [7, 11) is 13.7. The van der Waals surface area contributed by atoms with Gasteiger partial charge in [-0.2, -0.15) is 0 Å². The Morgan fingerprint density at radius 2 is 1.92 bits per heavy atom. The summed E-state index contributed by atoms with van der Waals surface area (Å²) < 4.78 is 13.1. The van der Waals surface area contributed by atoms with E-state index >= 15 is 0 Å². The van der Waals surface area contributed by atoms with Gasteiger partial charge in [-0.1, -0.05) is 0 Å². The quantitative estimate of drug-likeness (QED) is 0.585. The summed E-state index contributed by atoms with van der Waals surface area (Å²) in [6.07, 6.45) is 0.122. The first kappa shape index (κ1) is 19.2. The van der Waals surface area contributed by atoms with Gasteiger partial charge in [0.15, 0.2) is 0 Å². The van der Waals surface area contributed by atoms with Crippen molar-refractivity contribution in [2.75, 3.05) is 12.4 Å². The molecular weight excluding hydrogens is 434 g/mol. The molecule has 24 heavy (non-hydrogen) atoms. The van der Waals surface area contributed by atoms with E-state index in [0.717, 1.165) is 28.3 Å². The SMILES string of the molecule is COc1ccc(CNc2ccccc2OC(C)C)c([CH]=[Ru]([Cl])[Cl])c1. The second-order valence-corrected chi connectivity index (χ2v) is 11.1. The predicted octanol–water partition coefficient (Wildman–Crippen LogP) is 5.17. The maximum absolute atomic E-state index is 6.05. The molecule has 132 valence electrons. The van der Waals surface area contributed by atoms with E-state index in [1.54, 1.807) is 7.11 Å². The molecule has 0 aliphatic heterocycles. The van der Waals surface area contributed by atoms with Crippen LogP contribution in [0.15, 0.2) is 42.5 Å². The first-order valence-corrected chi connectivity index (χ1v) is 13.0. The number of methoxy groups -OCH3 is 1. The number of para-hydroxylation sites is 2. The zero-order chi connectivity index (χ0) is 17.5. The minimum atomic E-state index is -1.92. The number of anilines is 1. The molecule has 2 aromatic carbocycles. The van der Waals surface area contributed by atoms with Crippen LogP contribution in [0.4, 0.5) is 5.69 Å². The average Bonchev–Trinajstić information content (AvgIpc) is 2.53. The van der Waals surface area contributed by atoms with Crippen molar-refractivity contribution >= 4 is 29.7 Å². The maximum atomic E-state index is 6.05. The fourth-order valence-electron chi connectivity index (χ4n) is 2.20. The van der Waals surface area contributed by atoms with Crippen LogP contribution >= 0.6 is 19.4 Å². The van der Waals surface area contributed by atoms with Gasteiger partial charge in [0.2, 0.25) is 0 Å². The van der Waals surface area contributed by atoms with Gasteiger partial charge in [0.25, 0.3) is 0 Å². The number of benzene rings is 2. The van der Waals surface area contributed by atoms with E-state index < -0.39 is 13.5 Å². The van der Waals surface area contributed by atoms with Crippen molar-refractivity contribution in [2.45, 2.75) is 26.5 Å². The molecule has 2 rings (SSSR count). The molecular formula is C18H21Cl2NO2Ru. The molecule has 1 N–H and O–H groups in total. The van der Waals surface area contributed by atoms with Gasteiger partial charge in [0.05, 0.1) is 0 Å². The third-order valence-electron chi connectivity index (χ3n) is 3.26. The van der Waals surface area contributed by atoms with Gasteiger partial charge in [0, 0.05) is 0 Å². The second-order valence-electron chi connectivity index (χ2n) is 5.39. The van der Waals surface area contributed by atoms with Crippen molar-refractivity contribution in [2.24, 2.45) is 0 Å². The van der Waals surface area contributed by atoms with E-state index in [1.807, 2.05) is 60.9 Å². The summed E-state index contributed by atoms with van der Waals surface area (Å²) in [6.45, 7) is 4.67. The fourth-order valence-corrected chi connectivity index (χ4v) is 4.06. The van der Waals surface area contributed by atoms with Crippen LogP contribution in [-0.4, -0.2) is 17.8 Å². The first-order valence-electron chi connectivity index (χ1n) is 7.49. The van der Waals surface area contributed by atoms with Gasteiger partial charge in [0.1, 0.15) is 0 Å². The summed E-state index contributed by atoms with van der Waals surface area (Å²) in [5, 5.41) is 3.43. The second kappa shape index (κ2) is 9.41. The molecule has 3 nitrogen and oxygen atoms in total. The molecule has 6 heteroatoms. The Bertz CT molecular complexity index is 716. The fraction of sp³-hybridized carbons (Fsp3) is 0.278. The van der Waals surface area contributed by atoms with E-state index in [0.29, 0.717) is 6.54 Å². The summed E-state index contributed by atoms with van der Waals surface area (Å²) in [5.41, 5.74) is 3.07. The van der Waals surface area contributed by atoms with Crippen LogP contribution in [0, 0.1) is 0 Å². The number of rotatable bonds is 7. The molecule has 0 amide bonds. The van der Waals surface area contributed by atoms with Crippen LogP contribution < -0.4 is 14.8 Å². The van der Waals surface area contributed by atoms with Crippen molar-refractivity contribution in [3.63, 3.8) is 0 Å². The Labute approximate surface area is 156 Å². The molecule has 0 fully saturated rings. The van der Waals surface area contributed by atoms with Crippen molar-refractivity contribution in [1.29, 1.82) is 0 Å². The van der Waals surface area contributed by atoms with Crippen molar-refractivity contribution in [1.82, 2.24) is 0 Å².